The van der Waals surface area contributed by atoms with Gasteiger partial charge in [-0.1, -0.05) is 35.1 Å². The number of nitrogens with one attached hydrogen (secondary N) is 1. The van der Waals surface area contributed by atoms with E-state index in [9.17, 15) is 9.59 Å². The van der Waals surface area contributed by atoms with Crippen molar-refractivity contribution in [1.82, 2.24) is 19.6 Å². The van der Waals surface area contributed by atoms with Crippen molar-refractivity contribution >= 4 is 34.0 Å². The van der Waals surface area contributed by atoms with Crippen LogP contribution in [0.4, 0.5) is 5.69 Å². The first-order valence-electron chi connectivity index (χ1n) is 11.0. The predicted octanol–water partition coefficient (Wildman–Crippen LogP) is 3.10. The van der Waals surface area contributed by atoms with Gasteiger partial charge >= 0.3 is 0 Å². The van der Waals surface area contributed by atoms with Crippen LogP contribution >= 0.6 is 11.3 Å². The smallest absolute Gasteiger partial charge is 0.291 e. The van der Waals surface area contributed by atoms with Crippen molar-refractivity contribution < 1.29 is 14.3 Å². The maximum atomic E-state index is 12.9. The number of aryl methyl sites for hydroxylation is 1. The first kappa shape index (κ1) is 23.2. The van der Waals surface area contributed by atoms with Gasteiger partial charge in [0.2, 0.25) is 4.96 Å². The van der Waals surface area contributed by atoms with Gasteiger partial charge in [0.05, 0.1) is 11.6 Å². The number of pyridine rings is 1. The summed E-state index contributed by atoms with van der Waals surface area (Å²) >= 11 is 1.25. The number of fused-ring (bicyclic) bond motifs is 1. The number of hydrogen-bond acceptors (Lipinski definition) is 8. The van der Waals surface area contributed by atoms with Crippen LogP contribution in [-0.2, 0) is 4.79 Å². The Labute approximate surface area is 209 Å². The van der Waals surface area contributed by atoms with E-state index in [0.717, 1.165) is 16.7 Å². The molecule has 5 rings (SSSR count). The summed E-state index contributed by atoms with van der Waals surface area (Å²) in [5, 5.41) is 7.13. The highest BCUT2D eigenvalue weighted by atomic mass is 32.1. The molecule has 0 spiro atoms. The molecule has 9 nitrogen and oxygen atoms in total. The number of ether oxygens (including phenoxy) is 2. The first-order valence-corrected chi connectivity index (χ1v) is 11.8. The van der Waals surface area contributed by atoms with Gasteiger partial charge in [0.1, 0.15) is 0 Å². The lowest BCUT2D eigenvalue weighted by Crippen LogP contribution is -2.23. The molecule has 0 fully saturated rings. The molecule has 10 heteroatoms. The Morgan fingerprint density at radius 1 is 1.08 bits per heavy atom. The van der Waals surface area contributed by atoms with E-state index in [1.54, 1.807) is 48.8 Å². The standard InChI is InChI=1S/C26H21N5O4S/c1-16-3-6-19(7-4-16)28-23(32)15-35-20-8-5-17(13-21(20)34-2)14-22-25(33)31-26(36-22)29-24(30-31)18-9-11-27-12-10-18/h3-14H,15H2,1-2H3,(H,28,32)/b22-14-. The Balaban J connectivity index is 1.32. The van der Waals surface area contributed by atoms with E-state index in [1.807, 2.05) is 31.2 Å². The quantitative estimate of drug-likeness (QED) is 0.367. The number of nitrogens with zero attached hydrogens (tertiary/aromatic N) is 4. The van der Waals surface area contributed by atoms with Gasteiger partial charge in [-0.25, -0.2) is 0 Å². The minimum Gasteiger partial charge on any atom is -0.493 e. The zero-order chi connectivity index (χ0) is 25.1. The number of carbonyl (C=O) groups excluding carboxylic acids is 1. The zero-order valence-corrected chi connectivity index (χ0v) is 20.3. The summed E-state index contributed by atoms with van der Waals surface area (Å²) in [6, 6.07) is 16.3. The van der Waals surface area contributed by atoms with Crippen molar-refractivity contribution in [2.45, 2.75) is 6.92 Å². The molecule has 5 aromatic rings. The molecule has 0 aliphatic carbocycles. The molecule has 0 aliphatic rings. The van der Waals surface area contributed by atoms with Crippen LogP contribution in [0.1, 0.15) is 11.1 Å². The molecule has 3 aromatic heterocycles. The molecule has 3 heterocycles. The Kier molecular flexibility index (Phi) is 6.42. The number of benzene rings is 2. The molecule has 0 atom stereocenters. The van der Waals surface area contributed by atoms with E-state index in [2.05, 4.69) is 20.4 Å². The maximum Gasteiger partial charge on any atom is 0.291 e. The van der Waals surface area contributed by atoms with Crippen LogP contribution in [0.25, 0.3) is 22.4 Å². The number of amides is 1. The van der Waals surface area contributed by atoms with Crippen molar-refractivity contribution in [2.24, 2.45) is 0 Å². The molecule has 0 saturated carbocycles. The maximum absolute atomic E-state index is 12.9. The van der Waals surface area contributed by atoms with Crippen LogP contribution < -0.4 is 24.9 Å². The lowest BCUT2D eigenvalue weighted by atomic mass is 10.2. The highest BCUT2D eigenvalue weighted by Crippen LogP contribution is 2.28. The number of rotatable bonds is 7. The Bertz CT molecular complexity index is 1650. The van der Waals surface area contributed by atoms with Gasteiger partial charge in [-0.15, -0.1) is 5.10 Å². The van der Waals surface area contributed by atoms with Gasteiger partial charge in [-0.3, -0.25) is 14.6 Å². The SMILES string of the molecule is COc1cc(/C=c2\sc3nc(-c4ccncc4)nn3c2=O)ccc1OCC(=O)Nc1ccc(C)cc1. The summed E-state index contributed by atoms with van der Waals surface area (Å²) in [6.45, 7) is 1.80. The summed E-state index contributed by atoms with van der Waals surface area (Å²) < 4.78 is 12.9. The molecule has 2 aromatic carbocycles. The minimum atomic E-state index is -0.284. The van der Waals surface area contributed by atoms with Crippen LogP contribution in [0.2, 0.25) is 0 Å². The van der Waals surface area contributed by atoms with Gasteiger partial charge < -0.3 is 14.8 Å². The number of thiazole rings is 1. The van der Waals surface area contributed by atoms with Crippen molar-refractivity contribution in [3.05, 3.63) is 93.0 Å². The van der Waals surface area contributed by atoms with Crippen LogP contribution in [0.5, 0.6) is 11.5 Å². The Hall–Kier alpha value is -4.57. The summed E-state index contributed by atoms with van der Waals surface area (Å²) in [4.78, 5) is 34.1. The molecule has 180 valence electrons. The second-order valence-corrected chi connectivity index (χ2v) is 8.90. The highest BCUT2D eigenvalue weighted by Gasteiger charge is 2.13. The molecule has 0 bridgehead atoms. The molecular weight excluding hydrogens is 478 g/mol. The number of aromatic nitrogens is 4. The van der Waals surface area contributed by atoms with Gasteiger partial charge in [-0.05, 0) is 55.0 Å². The van der Waals surface area contributed by atoms with E-state index in [0.29, 0.717) is 32.5 Å². The van der Waals surface area contributed by atoms with Crippen molar-refractivity contribution in [1.29, 1.82) is 0 Å². The first-order chi connectivity index (χ1) is 17.5. The fourth-order valence-corrected chi connectivity index (χ4v) is 4.39. The largest absolute Gasteiger partial charge is 0.493 e. The van der Waals surface area contributed by atoms with E-state index < -0.39 is 0 Å². The fraction of sp³-hybridized carbons (Fsp3) is 0.115. The summed E-state index contributed by atoms with van der Waals surface area (Å²) in [5.41, 5.74) is 3.08. The van der Waals surface area contributed by atoms with Gasteiger partial charge in [0.15, 0.2) is 23.9 Å². The minimum absolute atomic E-state index is 0.175. The number of anilines is 1. The summed E-state index contributed by atoms with van der Waals surface area (Å²) in [7, 11) is 1.52. The third kappa shape index (κ3) is 4.93. The van der Waals surface area contributed by atoms with Crippen LogP contribution in [0.3, 0.4) is 0 Å². The second kappa shape index (κ2) is 9.96. The van der Waals surface area contributed by atoms with Crippen molar-refractivity contribution in [2.75, 3.05) is 19.0 Å². The summed E-state index contributed by atoms with van der Waals surface area (Å²) in [6.07, 6.45) is 5.05. The van der Waals surface area contributed by atoms with Crippen LogP contribution in [0.15, 0.2) is 71.8 Å². The van der Waals surface area contributed by atoms with Crippen molar-refractivity contribution in [3.63, 3.8) is 0 Å². The fourth-order valence-electron chi connectivity index (χ4n) is 3.48. The second-order valence-electron chi connectivity index (χ2n) is 7.89. The molecule has 1 amide bonds. The molecule has 0 aliphatic heterocycles. The number of carbonyl (C=O) groups is 1. The van der Waals surface area contributed by atoms with Gasteiger partial charge in [-0.2, -0.15) is 9.50 Å². The van der Waals surface area contributed by atoms with E-state index in [4.69, 9.17) is 9.47 Å². The van der Waals surface area contributed by atoms with Crippen molar-refractivity contribution in [3.8, 4) is 22.9 Å². The van der Waals surface area contributed by atoms with E-state index >= 15 is 0 Å². The monoisotopic (exact) mass is 499 g/mol. The molecule has 36 heavy (non-hydrogen) atoms. The topological polar surface area (TPSA) is 108 Å². The Morgan fingerprint density at radius 2 is 1.86 bits per heavy atom. The lowest BCUT2D eigenvalue weighted by Gasteiger charge is -2.11. The average Bonchev–Trinajstić information content (AvgIpc) is 3.44. The van der Waals surface area contributed by atoms with Gasteiger partial charge in [0, 0.05) is 23.6 Å². The van der Waals surface area contributed by atoms with E-state index in [-0.39, 0.29) is 18.1 Å². The van der Waals surface area contributed by atoms with Gasteiger partial charge in [0.25, 0.3) is 11.5 Å². The number of hydrogen-bond donors (Lipinski definition) is 1. The normalized spacial score (nSPS) is 11.6. The predicted molar refractivity (Wildman–Crippen MR) is 137 cm³/mol. The summed E-state index contributed by atoms with van der Waals surface area (Å²) in [5.74, 6) is 1.05. The average molecular weight is 500 g/mol. The van der Waals surface area contributed by atoms with Crippen LogP contribution in [0, 0.1) is 6.92 Å². The zero-order valence-electron chi connectivity index (χ0n) is 19.5. The van der Waals surface area contributed by atoms with Crippen LogP contribution in [-0.4, -0.2) is 39.2 Å². The molecule has 0 radical (unpaired) electrons. The Morgan fingerprint density at radius 3 is 2.58 bits per heavy atom. The molecular formula is C26H21N5O4S. The number of methoxy groups -OCH3 is 1. The molecule has 1 N–H and O–H groups in total. The third-order valence-corrected chi connectivity index (χ3v) is 6.26. The molecule has 0 saturated heterocycles. The third-order valence-electron chi connectivity index (χ3n) is 5.30. The van der Waals surface area contributed by atoms with E-state index in [1.165, 1.54) is 23.0 Å². The highest BCUT2D eigenvalue weighted by molar-refractivity contribution is 7.15. The lowest BCUT2D eigenvalue weighted by molar-refractivity contribution is -0.118. The molecule has 0 unspecified atom stereocenters.